The highest BCUT2D eigenvalue weighted by molar-refractivity contribution is 7.10. The molecule has 14 heavy (non-hydrogen) atoms. The van der Waals surface area contributed by atoms with Gasteiger partial charge in [-0.1, -0.05) is 0 Å². The molecule has 0 fully saturated rings. The highest BCUT2D eigenvalue weighted by Gasteiger charge is 2.32. The molecule has 0 saturated heterocycles. The second-order valence-electron chi connectivity index (χ2n) is 3.44. The Labute approximate surface area is 84.1 Å². The van der Waals surface area contributed by atoms with E-state index in [1.807, 2.05) is 11.4 Å². The lowest BCUT2D eigenvalue weighted by molar-refractivity contribution is -0.147. The van der Waals surface area contributed by atoms with Crippen LogP contribution in [0.15, 0.2) is 11.4 Å². The van der Waals surface area contributed by atoms with Crippen molar-refractivity contribution < 1.29 is 13.2 Å². The van der Waals surface area contributed by atoms with Crippen molar-refractivity contribution in [2.24, 2.45) is 0 Å². The molecule has 0 bridgehead atoms. The van der Waals surface area contributed by atoms with E-state index in [0.29, 0.717) is 13.1 Å². The summed E-state index contributed by atoms with van der Waals surface area (Å²) in [5.41, 5.74) is 1.22. The molecule has 0 amide bonds. The third-order valence-electron chi connectivity index (χ3n) is 2.31. The lowest BCUT2D eigenvalue weighted by atomic mass is 10.1. The zero-order valence-electron chi connectivity index (χ0n) is 7.47. The summed E-state index contributed by atoms with van der Waals surface area (Å²) in [5.74, 6) is 0. The molecule has 0 aromatic carbocycles. The van der Waals surface area contributed by atoms with Crippen LogP contribution in [0.2, 0.25) is 0 Å². The van der Waals surface area contributed by atoms with E-state index in [0.717, 1.165) is 11.3 Å². The van der Waals surface area contributed by atoms with E-state index in [-0.39, 0.29) is 0 Å². The maximum atomic E-state index is 12.1. The van der Waals surface area contributed by atoms with E-state index in [4.69, 9.17) is 0 Å². The maximum Gasteiger partial charge on any atom is 0.401 e. The Morgan fingerprint density at radius 2 is 2.21 bits per heavy atom. The number of hydrogen-bond acceptors (Lipinski definition) is 2. The Hall–Kier alpha value is -0.550. The van der Waals surface area contributed by atoms with Crippen LogP contribution in [0.5, 0.6) is 0 Å². The molecule has 78 valence electrons. The van der Waals surface area contributed by atoms with Gasteiger partial charge in [0.1, 0.15) is 0 Å². The summed E-state index contributed by atoms with van der Waals surface area (Å²) in [7, 11) is 0. The lowest BCUT2D eigenvalue weighted by Gasteiger charge is -2.27. The molecule has 1 aliphatic heterocycles. The van der Waals surface area contributed by atoms with Crippen LogP contribution in [-0.4, -0.2) is 24.2 Å². The summed E-state index contributed by atoms with van der Waals surface area (Å²) < 4.78 is 36.3. The first-order valence-corrected chi connectivity index (χ1v) is 5.27. The van der Waals surface area contributed by atoms with Gasteiger partial charge in [-0.15, -0.1) is 11.3 Å². The molecule has 0 aliphatic carbocycles. The van der Waals surface area contributed by atoms with Crippen LogP contribution in [0.4, 0.5) is 13.2 Å². The van der Waals surface area contributed by atoms with E-state index in [1.165, 1.54) is 10.5 Å². The van der Waals surface area contributed by atoms with Gasteiger partial charge in [-0.2, -0.15) is 13.2 Å². The second-order valence-corrected chi connectivity index (χ2v) is 4.45. The van der Waals surface area contributed by atoms with Gasteiger partial charge in [-0.25, -0.2) is 0 Å². The Kier molecular flexibility index (Phi) is 2.53. The fourth-order valence-electron chi connectivity index (χ4n) is 1.68. The first-order chi connectivity index (χ1) is 6.54. The number of nitrogens with zero attached hydrogens (tertiary/aromatic N) is 1. The van der Waals surface area contributed by atoms with E-state index in [1.54, 1.807) is 11.3 Å². The molecule has 0 unspecified atom stereocenters. The minimum absolute atomic E-state index is 0.451. The Morgan fingerprint density at radius 1 is 1.43 bits per heavy atom. The molecule has 1 aromatic rings. The van der Waals surface area contributed by atoms with Crippen molar-refractivity contribution in [1.29, 1.82) is 0 Å². The van der Waals surface area contributed by atoms with Crippen LogP contribution in [0.25, 0.3) is 0 Å². The SMILES string of the molecule is FC(F)(F)CN1CCc2ccsc2C1. The zero-order valence-corrected chi connectivity index (χ0v) is 8.29. The summed E-state index contributed by atoms with van der Waals surface area (Å²) in [6, 6.07) is 2.00. The standard InChI is InChI=1S/C9H10F3NS/c10-9(11,12)6-13-3-1-7-2-4-14-8(7)5-13/h2,4H,1,3,5-6H2. The number of thiophene rings is 1. The van der Waals surface area contributed by atoms with Gasteiger partial charge in [-0.3, -0.25) is 4.90 Å². The molecule has 0 N–H and O–H groups in total. The van der Waals surface area contributed by atoms with Crippen LogP contribution in [0, 0.1) is 0 Å². The largest absolute Gasteiger partial charge is 0.401 e. The van der Waals surface area contributed by atoms with Gasteiger partial charge in [0.05, 0.1) is 6.54 Å². The molecule has 5 heteroatoms. The van der Waals surface area contributed by atoms with Crippen molar-refractivity contribution in [2.75, 3.05) is 13.1 Å². The number of fused-ring (bicyclic) bond motifs is 1. The molecule has 0 saturated carbocycles. The highest BCUT2D eigenvalue weighted by atomic mass is 32.1. The van der Waals surface area contributed by atoms with Crippen molar-refractivity contribution in [1.82, 2.24) is 4.90 Å². The van der Waals surface area contributed by atoms with Gasteiger partial charge in [0.15, 0.2) is 0 Å². The van der Waals surface area contributed by atoms with Crippen LogP contribution in [0.3, 0.4) is 0 Å². The predicted octanol–water partition coefficient (Wildman–Crippen LogP) is 2.67. The Balaban J connectivity index is 2.01. The molecular formula is C9H10F3NS. The molecule has 0 spiro atoms. The first-order valence-electron chi connectivity index (χ1n) is 4.39. The quantitative estimate of drug-likeness (QED) is 0.704. The molecule has 1 aliphatic rings. The zero-order chi connectivity index (χ0) is 10.2. The summed E-state index contributed by atoms with van der Waals surface area (Å²) >= 11 is 1.55. The minimum Gasteiger partial charge on any atom is -0.290 e. The molecule has 2 rings (SSSR count). The summed E-state index contributed by atoms with van der Waals surface area (Å²) in [6.45, 7) is 0.181. The van der Waals surface area contributed by atoms with Crippen LogP contribution in [0.1, 0.15) is 10.4 Å². The van der Waals surface area contributed by atoms with Crippen molar-refractivity contribution in [3.05, 3.63) is 21.9 Å². The second kappa shape index (κ2) is 3.55. The van der Waals surface area contributed by atoms with Gasteiger partial charge >= 0.3 is 6.18 Å². The van der Waals surface area contributed by atoms with Crippen molar-refractivity contribution >= 4 is 11.3 Å². The number of alkyl halides is 3. The van der Waals surface area contributed by atoms with Crippen LogP contribution in [-0.2, 0) is 13.0 Å². The molecular weight excluding hydrogens is 211 g/mol. The van der Waals surface area contributed by atoms with Gasteiger partial charge in [0.2, 0.25) is 0 Å². The normalized spacial score (nSPS) is 18.2. The van der Waals surface area contributed by atoms with E-state index in [9.17, 15) is 13.2 Å². The number of hydrogen-bond donors (Lipinski definition) is 0. The van der Waals surface area contributed by atoms with Crippen LogP contribution < -0.4 is 0 Å². The average Bonchev–Trinajstić information content (AvgIpc) is 2.47. The van der Waals surface area contributed by atoms with Gasteiger partial charge in [0.25, 0.3) is 0 Å². The smallest absolute Gasteiger partial charge is 0.290 e. The van der Waals surface area contributed by atoms with Gasteiger partial charge in [0, 0.05) is 18.0 Å². The maximum absolute atomic E-state index is 12.1. The fraction of sp³-hybridized carbons (Fsp3) is 0.556. The van der Waals surface area contributed by atoms with Crippen molar-refractivity contribution in [2.45, 2.75) is 19.1 Å². The highest BCUT2D eigenvalue weighted by Crippen LogP contribution is 2.26. The summed E-state index contributed by atoms with van der Waals surface area (Å²) in [4.78, 5) is 2.54. The molecule has 2 heterocycles. The third-order valence-corrected chi connectivity index (χ3v) is 3.25. The summed E-state index contributed by atoms with van der Waals surface area (Å²) in [6.07, 6.45) is -3.33. The average molecular weight is 221 g/mol. The number of halogens is 3. The predicted molar refractivity (Wildman–Crippen MR) is 49.4 cm³/mol. The molecule has 1 nitrogen and oxygen atoms in total. The van der Waals surface area contributed by atoms with E-state index >= 15 is 0 Å². The molecule has 1 aromatic heterocycles. The van der Waals surface area contributed by atoms with E-state index in [2.05, 4.69) is 0 Å². The van der Waals surface area contributed by atoms with Crippen molar-refractivity contribution in [3.8, 4) is 0 Å². The Morgan fingerprint density at radius 3 is 2.93 bits per heavy atom. The topological polar surface area (TPSA) is 3.24 Å². The first kappa shape index (κ1) is 9.98. The monoisotopic (exact) mass is 221 g/mol. The molecule has 0 radical (unpaired) electrons. The minimum atomic E-state index is -4.07. The van der Waals surface area contributed by atoms with Crippen LogP contribution >= 0.6 is 11.3 Å². The number of rotatable bonds is 1. The van der Waals surface area contributed by atoms with Gasteiger partial charge in [-0.05, 0) is 23.4 Å². The summed E-state index contributed by atoms with van der Waals surface area (Å²) in [5, 5.41) is 1.95. The van der Waals surface area contributed by atoms with E-state index < -0.39 is 12.7 Å². The lowest BCUT2D eigenvalue weighted by Crippen LogP contribution is -2.37. The molecule has 0 atom stereocenters. The van der Waals surface area contributed by atoms with Crippen molar-refractivity contribution in [3.63, 3.8) is 0 Å². The fourth-order valence-corrected chi connectivity index (χ4v) is 2.65. The van der Waals surface area contributed by atoms with Gasteiger partial charge < -0.3 is 0 Å². The third kappa shape index (κ3) is 2.27. The Bertz CT molecular complexity index is 318.